The van der Waals surface area contributed by atoms with Crippen molar-refractivity contribution < 1.29 is 9.47 Å². The second-order valence-electron chi connectivity index (χ2n) is 5.41. The molecular weight excluding hydrogens is 262 g/mol. The number of rotatable bonds is 3. The van der Waals surface area contributed by atoms with E-state index in [-0.39, 0.29) is 0 Å². The predicted molar refractivity (Wildman–Crippen MR) is 85.1 cm³/mol. The fraction of sp³-hybridized carbons (Fsp3) is 0.333. The lowest BCUT2D eigenvalue weighted by atomic mass is 9.90. The first-order valence-corrected chi connectivity index (χ1v) is 7.29. The van der Waals surface area contributed by atoms with Crippen molar-refractivity contribution >= 4 is 0 Å². The van der Waals surface area contributed by atoms with Gasteiger partial charge in [0.15, 0.2) is 0 Å². The van der Waals surface area contributed by atoms with Gasteiger partial charge in [0.2, 0.25) is 0 Å². The lowest BCUT2D eigenvalue weighted by Gasteiger charge is -2.23. The Labute approximate surface area is 125 Å². The summed E-state index contributed by atoms with van der Waals surface area (Å²) in [6, 6.07) is 10.5. The first-order chi connectivity index (χ1) is 10.2. The third-order valence-electron chi connectivity index (χ3n) is 4.09. The quantitative estimate of drug-likeness (QED) is 0.937. The molecule has 0 bridgehead atoms. The maximum Gasteiger partial charge on any atom is 0.127 e. The van der Waals surface area contributed by atoms with E-state index in [9.17, 15) is 0 Å². The molecule has 0 spiro atoms. The summed E-state index contributed by atoms with van der Waals surface area (Å²) in [6.07, 6.45) is 1.06. The van der Waals surface area contributed by atoms with Gasteiger partial charge in [0, 0.05) is 17.7 Å². The van der Waals surface area contributed by atoms with Crippen LogP contribution in [0, 0.1) is 6.92 Å². The van der Waals surface area contributed by atoms with Gasteiger partial charge in [-0.25, -0.2) is 0 Å². The monoisotopic (exact) mass is 283 g/mol. The molecule has 0 radical (unpaired) electrons. The zero-order valence-corrected chi connectivity index (χ0v) is 12.8. The van der Waals surface area contributed by atoms with E-state index in [0.717, 1.165) is 42.1 Å². The van der Waals surface area contributed by atoms with E-state index in [2.05, 4.69) is 36.5 Å². The number of benzene rings is 2. The summed E-state index contributed by atoms with van der Waals surface area (Å²) in [5.41, 5.74) is 6.20. The third kappa shape index (κ3) is 2.49. The summed E-state index contributed by atoms with van der Waals surface area (Å²) < 4.78 is 11.2. The summed E-state index contributed by atoms with van der Waals surface area (Å²) in [4.78, 5) is 0. The molecule has 2 aromatic carbocycles. The Morgan fingerprint density at radius 1 is 1.00 bits per heavy atom. The predicted octanol–water partition coefficient (Wildman–Crippen LogP) is 3.32. The van der Waals surface area contributed by atoms with E-state index in [1.54, 1.807) is 14.2 Å². The highest BCUT2D eigenvalue weighted by Gasteiger charge is 2.20. The highest BCUT2D eigenvalue weighted by Crippen LogP contribution is 2.41. The van der Waals surface area contributed by atoms with Gasteiger partial charge in [-0.2, -0.15) is 0 Å². The van der Waals surface area contributed by atoms with E-state index in [1.807, 2.05) is 6.07 Å². The second-order valence-corrected chi connectivity index (χ2v) is 5.41. The zero-order chi connectivity index (χ0) is 14.8. The van der Waals surface area contributed by atoms with Crippen LogP contribution in [-0.2, 0) is 13.0 Å². The smallest absolute Gasteiger partial charge is 0.127 e. The van der Waals surface area contributed by atoms with Gasteiger partial charge in [-0.15, -0.1) is 0 Å². The molecule has 1 aliphatic heterocycles. The molecule has 0 fully saturated rings. The third-order valence-corrected chi connectivity index (χ3v) is 4.09. The van der Waals surface area contributed by atoms with Crippen molar-refractivity contribution in [2.75, 3.05) is 20.8 Å². The Morgan fingerprint density at radius 2 is 1.76 bits per heavy atom. The molecule has 2 aromatic rings. The number of fused-ring (bicyclic) bond motifs is 1. The molecular formula is C18H21NO2. The molecule has 0 amide bonds. The molecule has 110 valence electrons. The van der Waals surface area contributed by atoms with Crippen LogP contribution in [0.5, 0.6) is 11.5 Å². The van der Waals surface area contributed by atoms with E-state index in [0.29, 0.717) is 0 Å². The Hall–Kier alpha value is -2.00. The van der Waals surface area contributed by atoms with Crippen molar-refractivity contribution in [3.8, 4) is 22.6 Å². The van der Waals surface area contributed by atoms with Crippen molar-refractivity contribution in [2.24, 2.45) is 0 Å². The number of methoxy groups -OCH3 is 2. The van der Waals surface area contributed by atoms with Crippen LogP contribution in [-0.4, -0.2) is 20.8 Å². The lowest BCUT2D eigenvalue weighted by Crippen LogP contribution is -2.24. The normalized spacial score (nSPS) is 13.7. The topological polar surface area (TPSA) is 30.5 Å². The average molecular weight is 283 g/mol. The molecule has 0 unspecified atom stereocenters. The maximum atomic E-state index is 5.62. The number of nitrogens with one attached hydrogen (secondary N) is 1. The summed E-state index contributed by atoms with van der Waals surface area (Å²) in [5, 5.41) is 3.46. The van der Waals surface area contributed by atoms with E-state index >= 15 is 0 Å². The molecule has 0 saturated heterocycles. The standard InChI is InChI=1S/C18H21NO2/c1-12-4-6-16(20-2)14(10-12)18-15-11-19-9-8-13(15)5-7-17(18)21-3/h4-7,10,19H,8-9,11H2,1-3H3. The molecule has 0 aliphatic carbocycles. The van der Waals surface area contributed by atoms with Crippen molar-refractivity contribution in [1.82, 2.24) is 5.32 Å². The van der Waals surface area contributed by atoms with Crippen LogP contribution in [0.3, 0.4) is 0 Å². The SMILES string of the molecule is COc1ccc(C)cc1-c1c(OC)ccc2c1CNCC2. The van der Waals surface area contributed by atoms with E-state index in [1.165, 1.54) is 16.7 Å². The summed E-state index contributed by atoms with van der Waals surface area (Å²) in [7, 11) is 3.44. The van der Waals surface area contributed by atoms with E-state index in [4.69, 9.17) is 9.47 Å². The first kappa shape index (κ1) is 14.0. The fourth-order valence-corrected chi connectivity index (χ4v) is 3.02. The van der Waals surface area contributed by atoms with Gasteiger partial charge in [0.05, 0.1) is 14.2 Å². The largest absolute Gasteiger partial charge is 0.496 e. The Morgan fingerprint density at radius 3 is 2.52 bits per heavy atom. The summed E-state index contributed by atoms with van der Waals surface area (Å²) >= 11 is 0. The second kappa shape index (κ2) is 5.78. The highest BCUT2D eigenvalue weighted by molar-refractivity contribution is 5.80. The van der Waals surface area contributed by atoms with Crippen LogP contribution in [0.4, 0.5) is 0 Å². The van der Waals surface area contributed by atoms with Gasteiger partial charge in [-0.1, -0.05) is 17.7 Å². The van der Waals surface area contributed by atoms with Gasteiger partial charge in [0.25, 0.3) is 0 Å². The van der Waals surface area contributed by atoms with Crippen molar-refractivity contribution in [1.29, 1.82) is 0 Å². The first-order valence-electron chi connectivity index (χ1n) is 7.29. The molecule has 1 N–H and O–H groups in total. The Kier molecular flexibility index (Phi) is 3.84. The molecule has 3 rings (SSSR count). The van der Waals surface area contributed by atoms with Crippen molar-refractivity contribution in [3.63, 3.8) is 0 Å². The molecule has 1 aliphatic rings. The van der Waals surface area contributed by atoms with Crippen LogP contribution >= 0.6 is 0 Å². The Bertz CT molecular complexity index is 665. The number of ether oxygens (including phenoxy) is 2. The minimum absolute atomic E-state index is 0.874. The minimum Gasteiger partial charge on any atom is -0.496 e. The summed E-state index contributed by atoms with van der Waals surface area (Å²) in [5.74, 6) is 1.79. The van der Waals surface area contributed by atoms with Gasteiger partial charge in [-0.3, -0.25) is 0 Å². The molecule has 3 heteroatoms. The van der Waals surface area contributed by atoms with Crippen LogP contribution in [0.1, 0.15) is 16.7 Å². The average Bonchev–Trinajstić information content (AvgIpc) is 2.53. The van der Waals surface area contributed by atoms with Gasteiger partial charge in [0.1, 0.15) is 11.5 Å². The molecule has 21 heavy (non-hydrogen) atoms. The number of hydrogen-bond donors (Lipinski definition) is 1. The van der Waals surface area contributed by atoms with E-state index < -0.39 is 0 Å². The molecule has 0 aromatic heterocycles. The molecule has 3 nitrogen and oxygen atoms in total. The van der Waals surface area contributed by atoms with Crippen molar-refractivity contribution in [3.05, 3.63) is 47.0 Å². The van der Waals surface area contributed by atoms with Gasteiger partial charge in [-0.05, 0) is 49.2 Å². The van der Waals surface area contributed by atoms with Crippen LogP contribution in [0.25, 0.3) is 11.1 Å². The summed E-state index contributed by atoms with van der Waals surface area (Å²) in [6.45, 7) is 4.01. The maximum absolute atomic E-state index is 5.62. The Balaban J connectivity index is 2.28. The number of hydrogen-bond acceptors (Lipinski definition) is 3. The van der Waals surface area contributed by atoms with Crippen LogP contribution in [0.15, 0.2) is 30.3 Å². The minimum atomic E-state index is 0.874. The molecule has 0 saturated carbocycles. The lowest BCUT2D eigenvalue weighted by molar-refractivity contribution is 0.409. The number of aryl methyl sites for hydroxylation is 1. The van der Waals surface area contributed by atoms with Crippen LogP contribution < -0.4 is 14.8 Å². The molecule has 1 heterocycles. The molecule has 0 atom stereocenters. The van der Waals surface area contributed by atoms with Gasteiger partial charge >= 0.3 is 0 Å². The van der Waals surface area contributed by atoms with Crippen LogP contribution in [0.2, 0.25) is 0 Å². The fourth-order valence-electron chi connectivity index (χ4n) is 3.02. The highest BCUT2D eigenvalue weighted by atomic mass is 16.5. The zero-order valence-electron chi connectivity index (χ0n) is 12.8. The van der Waals surface area contributed by atoms with Crippen molar-refractivity contribution in [2.45, 2.75) is 19.9 Å². The van der Waals surface area contributed by atoms with Gasteiger partial charge < -0.3 is 14.8 Å².